The lowest BCUT2D eigenvalue weighted by molar-refractivity contribution is 0.439. The van der Waals surface area contributed by atoms with Gasteiger partial charge in [-0.1, -0.05) is 0 Å². The molecule has 1 unspecified atom stereocenters. The van der Waals surface area contributed by atoms with E-state index in [1.54, 1.807) is 13.0 Å². The topological polar surface area (TPSA) is 86.1 Å². The molecule has 1 aromatic rings. The van der Waals surface area contributed by atoms with Crippen LogP contribution in [-0.4, -0.2) is 37.8 Å². The van der Waals surface area contributed by atoms with E-state index in [0.717, 1.165) is 0 Å². The minimum Gasteiger partial charge on any atom is -0.384 e. The van der Waals surface area contributed by atoms with E-state index in [4.69, 9.17) is 5.26 Å². The van der Waals surface area contributed by atoms with Crippen molar-refractivity contribution in [1.29, 1.82) is 5.26 Å². The SMILES string of the molecule is CCNc1ccncc1S(=O)(=O)N(C)CC(C)C#N. The lowest BCUT2D eigenvalue weighted by Gasteiger charge is -2.20. The molecule has 0 amide bonds. The Kier molecular flexibility index (Phi) is 5.27. The molecule has 0 aliphatic heterocycles. The van der Waals surface area contributed by atoms with Crippen LogP contribution in [0, 0.1) is 17.2 Å². The maximum absolute atomic E-state index is 12.4. The number of nitrogens with one attached hydrogen (secondary N) is 1. The highest BCUT2D eigenvalue weighted by molar-refractivity contribution is 7.89. The van der Waals surface area contributed by atoms with E-state index in [1.165, 1.54) is 23.7 Å². The van der Waals surface area contributed by atoms with Crippen LogP contribution in [0.4, 0.5) is 5.69 Å². The number of nitrogens with zero attached hydrogens (tertiary/aromatic N) is 3. The van der Waals surface area contributed by atoms with Crippen molar-refractivity contribution in [2.45, 2.75) is 18.7 Å². The Morgan fingerprint density at radius 2 is 2.26 bits per heavy atom. The summed E-state index contributed by atoms with van der Waals surface area (Å²) in [7, 11) is -2.18. The maximum atomic E-state index is 12.4. The van der Waals surface area contributed by atoms with Crippen molar-refractivity contribution in [3.63, 3.8) is 0 Å². The van der Waals surface area contributed by atoms with Gasteiger partial charge in [-0.3, -0.25) is 4.98 Å². The Morgan fingerprint density at radius 1 is 1.58 bits per heavy atom. The van der Waals surface area contributed by atoms with Crippen LogP contribution in [-0.2, 0) is 10.0 Å². The predicted molar refractivity (Wildman–Crippen MR) is 73.0 cm³/mol. The lowest BCUT2D eigenvalue weighted by atomic mass is 10.2. The van der Waals surface area contributed by atoms with Gasteiger partial charge < -0.3 is 5.32 Å². The predicted octanol–water partition coefficient (Wildman–Crippen LogP) is 1.29. The van der Waals surface area contributed by atoms with Crippen LogP contribution >= 0.6 is 0 Å². The molecule has 0 aromatic carbocycles. The number of pyridine rings is 1. The first-order valence-corrected chi connectivity index (χ1v) is 7.41. The molecule has 0 saturated heterocycles. The minimum atomic E-state index is -3.64. The van der Waals surface area contributed by atoms with Crippen molar-refractivity contribution >= 4 is 15.7 Å². The average Bonchev–Trinajstić information content (AvgIpc) is 2.39. The van der Waals surface area contributed by atoms with Gasteiger partial charge in [-0.25, -0.2) is 8.42 Å². The zero-order valence-electron chi connectivity index (χ0n) is 11.3. The zero-order chi connectivity index (χ0) is 14.5. The molecular formula is C12H18N4O2S. The monoisotopic (exact) mass is 282 g/mol. The molecule has 0 radical (unpaired) electrons. The highest BCUT2D eigenvalue weighted by atomic mass is 32.2. The molecule has 1 N–H and O–H groups in total. The van der Waals surface area contributed by atoms with E-state index in [-0.39, 0.29) is 17.4 Å². The summed E-state index contributed by atoms with van der Waals surface area (Å²) in [4.78, 5) is 3.99. The summed E-state index contributed by atoms with van der Waals surface area (Å²) in [5, 5.41) is 11.8. The van der Waals surface area contributed by atoms with Crippen molar-refractivity contribution in [1.82, 2.24) is 9.29 Å². The smallest absolute Gasteiger partial charge is 0.246 e. The summed E-state index contributed by atoms with van der Waals surface area (Å²) in [5.74, 6) is -0.362. The molecule has 0 saturated carbocycles. The van der Waals surface area contributed by atoms with Crippen LogP contribution in [0.25, 0.3) is 0 Å². The van der Waals surface area contributed by atoms with Gasteiger partial charge in [0.1, 0.15) is 4.90 Å². The highest BCUT2D eigenvalue weighted by Crippen LogP contribution is 2.23. The Hall–Kier alpha value is -1.65. The first kappa shape index (κ1) is 15.4. The van der Waals surface area contributed by atoms with Crippen molar-refractivity contribution in [2.24, 2.45) is 5.92 Å². The van der Waals surface area contributed by atoms with E-state index in [9.17, 15) is 8.42 Å². The minimum absolute atomic E-state index is 0.129. The standard InChI is InChI=1S/C12H18N4O2S/c1-4-15-11-5-6-14-8-12(11)19(17,18)16(3)9-10(2)7-13/h5-6,8,10H,4,9H2,1-3H3,(H,14,15). The van der Waals surface area contributed by atoms with E-state index >= 15 is 0 Å². The van der Waals surface area contributed by atoms with Gasteiger partial charge in [-0.2, -0.15) is 9.57 Å². The second-order valence-electron chi connectivity index (χ2n) is 4.22. The Labute approximate surface area is 114 Å². The van der Waals surface area contributed by atoms with Gasteiger partial charge in [0.15, 0.2) is 0 Å². The quantitative estimate of drug-likeness (QED) is 0.849. The van der Waals surface area contributed by atoms with Crippen LogP contribution in [0.2, 0.25) is 0 Å². The van der Waals surface area contributed by atoms with E-state index in [2.05, 4.69) is 10.3 Å². The third-order valence-corrected chi connectivity index (χ3v) is 4.44. The van der Waals surface area contributed by atoms with Crippen LogP contribution in [0.1, 0.15) is 13.8 Å². The van der Waals surface area contributed by atoms with Gasteiger partial charge in [-0.05, 0) is 19.9 Å². The molecule has 6 nitrogen and oxygen atoms in total. The third-order valence-electron chi connectivity index (χ3n) is 2.59. The molecule has 1 aromatic heterocycles. The van der Waals surface area contributed by atoms with Gasteiger partial charge in [0, 0.05) is 32.5 Å². The molecule has 1 heterocycles. The van der Waals surface area contributed by atoms with Crippen molar-refractivity contribution < 1.29 is 8.42 Å². The summed E-state index contributed by atoms with van der Waals surface area (Å²) in [6.07, 6.45) is 2.86. The first-order chi connectivity index (χ1) is 8.93. The van der Waals surface area contributed by atoms with Gasteiger partial charge in [0.2, 0.25) is 10.0 Å². The largest absolute Gasteiger partial charge is 0.384 e. The summed E-state index contributed by atoms with van der Waals surface area (Å²) >= 11 is 0. The van der Waals surface area contributed by atoms with Gasteiger partial charge in [-0.15, -0.1) is 0 Å². The van der Waals surface area contributed by atoms with Gasteiger partial charge in [0.05, 0.1) is 17.7 Å². The van der Waals surface area contributed by atoms with Crippen LogP contribution < -0.4 is 5.32 Å². The summed E-state index contributed by atoms with van der Waals surface area (Å²) in [5.41, 5.74) is 0.522. The number of sulfonamides is 1. The maximum Gasteiger partial charge on any atom is 0.246 e. The number of aromatic nitrogens is 1. The average molecular weight is 282 g/mol. The van der Waals surface area contributed by atoms with E-state index < -0.39 is 10.0 Å². The van der Waals surface area contributed by atoms with Gasteiger partial charge in [0.25, 0.3) is 0 Å². The van der Waals surface area contributed by atoms with E-state index in [0.29, 0.717) is 12.2 Å². The van der Waals surface area contributed by atoms with Crippen LogP contribution in [0.5, 0.6) is 0 Å². The number of nitriles is 1. The Morgan fingerprint density at radius 3 is 2.84 bits per heavy atom. The van der Waals surface area contributed by atoms with E-state index in [1.807, 2.05) is 13.0 Å². The summed E-state index contributed by atoms with van der Waals surface area (Å²) in [6, 6.07) is 3.64. The molecule has 1 atom stereocenters. The van der Waals surface area contributed by atoms with Crippen molar-refractivity contribution in [2.75, 3.05) is 25.5 Å². The third kappa shape index (κ3) is 3.66. The lowest BCUT2D eigenvalue weighted by Crippen LogP contribution is -2.31. The fraction of sp³-hybridized carbons (Fsp3) is 0.500. The normalized spacial score (nSPS) is 13.0. The second-order valence-corrected chi connectivity index (χ2v) is 6.23. The number of rotatable bonds is 6. The Balaban J connectivity index is 3.10. The molecule has 0 fully saturated rings. The molecule has 104 valence electrons. The molecule has 7 heteroatoms. The fourth-order valence-corrected chi connectivity index (χ4v) is 2.98. The summed E-state index contributed by atoms with van der Waals surface area (Å²) < 4.78 is 26.0. The van der Waals surface area contributed by atoms with Crippen LogP contribution in [0.3, 0.4) is 0 Å². The Bertz CT molecular complexity index is 565. The van der Waals surface area contributed by atoms with Crippen LogP contribution in [0.15, 0.2) is 23.4 Å². The number of hydrogen-bond acceptors (Lipinski definition) is 5. The van der Waals surface area contributed by atoms with Crippen molar-refractivity contribution in [3.05, 3.63) is 18.5 Å². The summed E-state index contributed by atoms with van der Waals surface area (Å²) in [6.45, 7) is 4.34. The number of anilines is 1. The fourth-order valence-electron chi connectivity index (χ4n) is 1.61. The molecule has 1 rings (SSSR count). The molecule has 19 heavy (non-hydrogen) atoms. The first-order valence-electron chi connectivity index (χ1n) is 5.97. The second kappa shape index (κ2) is 6.50. The number of hydrogen-bond donors (Lipinski definition) is 1. The van der Waals surface area contributed by atoms with Gasteiger partial charge >= 0.3 is 0 Å². The zero-order valence-corrected chi connectivity index (χ0v) is 12.1. The van der Waals surface area contributed by atoms with Crippen molar-refractivity contribution in [3.8, 4) is 6.07 Å². The molecule has 0 aliphatic rings. The molecular weight excluding hydrogens is 264 g/mol. The molecule has 0 bridgehead atoms. The highest BCUT2D eigenvalue weighted by Gasteiger charge is 2.25. The molecule has 0 aliphatic carbocycles. The molecule has 0 spiro atoms.